The molecule has 0 atom stereocenters. The van der Waals surface area contributed by atoms with E-state index >= 15 is 0 Å². The largest absolute Gasteiger partial charge is 0.352 e. The van der Waals surface area contributed by atoms with E-state index in [4.69, 9.17) is 0 Å². The van der Waals surface area contributed by atoms with Crippen LogP contribution in [0.5, 0.6) is 0 Å². The molecule has 119 valence electrons. The van der Waals surface area contributed by atoms with Crippen molar-refractivity contribution >= 4 is 11.7 Å². The van der Waals surface area contributed by atoms with Crippen molar-refractivity contribution in [2.75, 3.05) is 31.1 Å². The highest BCUT2D eigenvalue weighted by Crippen LogP contribution is 2.13. The Bertz CT molecular complexity index is 634. The van der Waals surface area contributed by atoms with Gasteiger partial charge in [-0.2, -0.15) is 0 Å². The fourth-order valence-electron chi connectivity index (χ4n) is 2.75. The fourth-order valence-corrected chi connectivity index (χ4v) is 2.75. The van der Waals surface area contributed by atoms with Crippen molar-refractivity contribution in [3.05, 3.63) is 54.0 Å². The normalized spacial score (nSPS) is 14.8. The molecule has 1 aliphatic rings. The molecule has 1 saturated heterocycles. The van der Waals surface area contributed by atoms with Crippen molar-refractivity contribution in [3.63, 3.8) is 0 Å². The van der Waals surface area contributed by atoms with E-state index in [1.165, 1.54) is 5.56 Å². The molecular formula is C18H21N4O. The van der Waals surface area contributed by atoms with Crippen molar-refractivity contribution < 1.29 is 4.79 Å². The maximum Gasteiger partial charge on any atom is 0.219 e. The Labute approximate surface area is 137 Å². The van der Waals surface area contributed by atoms with E-state index in [0.717, 1.165) is 50.5 Å². The van der Waals surface area contributed by atoms with Gasteiger partial charge in [0.05, 0.1) is 18.1 Å². The lowest BCUT2D eigenvalue weighted by Gasteiger charge is -2.34. The average Bonchev–Trinajstić information content (AvgIpc) is 2.61. The first-order valence-corrected chi connectivity index (χ1v) is 7.99. The zero-order valence-corrected chi connectivity index (χ0v) is 13.4. The van der Waals surface area contributed by atoms with E-state index in [1.54, 1.807) is 6.92 Å². The van der Waals surface area contributed by atoms with Crippen LogP contribution >= 0.6 is 0 Å². The van der Waals surface area contributed by atoms with Crippen LogP contribution in [0.1, 0.15) is 18.2 Å². The number of aryl methyl sites for hydroxylation is 2. The molecule has 3 rings (SSSR count). The minimum Gasteiger partial charge on any atom is -0.352 e. The van der Waals surface area contributed by atoms with E-state index in [1.807, 2.05) is 35.5 Å². The number of amides is 1. The van der Waals surface area contributed by atoms with Gasteiger partial charge in [0.2, 0.25) is 5.91 Å². The molecule has 0 unspecified atom stereocenters. The Morgan fingerprint density at radius 1 is 1.17 bits per heavy atom. The standard InChI is InChI=1S/C18H21N4O/c1-15(23)21-9-11-22(12-10-21)18-14-19-17(13-20-18)8-7-16-5-3-2-4-6-16/h2-3,5-6,13-14H,7-12H2,1H3. The second kappa shape index (κ2) is 7.22. The van der Waals surface area contributed by atoms with Crippen LogP contribution in [0.2, 0.25) is 0 Å². The number of hydrogen-bond donors (Lipinski definition) is 0. The quantitative estimate of drug-likeness (QED) is 0.863. The number of rotatable bonds is 4. The number of aromatic nitrogens is 2. The first-order valence-electron chi connectivity index (χ1n) is 7.99. The summed E-state index contributed by atoms with van der Waals surface area (Å²) < 4.78 is 0. The fraction of sp³-hybridized carbons (Fsp3) is 0.389. The predicted octanol–water partition coefficient (Wildman–Crippen LogP) is 1.73. The van der Waals surface area contributed by atoms with Gasteiger partial charge in [-0.15, -0.1) is 0 Å². The molecule has 1 aromatic heterocycles. The summed E-state index contributed by atoms with van der Waals surface area (Å²) in [5.41, 5.74) is 2.26. The SMILES string of the molecule is CC(=O)N1CCN(c2cnc(CCc3c[c]ccc3)cn2)CC1. The van der Waals surface area contributed by atoms with E-state index in [9.17, 15) is 4.79 Å². The zero-order valence-electron chi connectivity index (χ0n) is 13.4. The van der Waals surface area contributed by atoms with Gasteiger partial charge in [-0.05, 0) is 24.5 Å². The molecule has 23 heavy (non-hydrogen) atoms. The summed E-state index contributed by atoms with van der Waals surface area (Å²) in [5.74, 6) is 1.04. The van der Waals surface area contributed by atoms with Crippen molar-refractivity contribution in [1.82, 2.24) is 14.9 Å². The lowest BCUT2D eigenvalue weighted by atomic mass is 10.1. The Balaban J connectivity index is 1.54. The molecule has 1 fully saturated rings. The van der Waals surface area contributed by atoms with Gasteiger partial charge in [0.15, 0.2) is 0 Å². The summed E-state index contributed by atoms with van der Waals surface area (Å²) in [6.07, 6.45) is 5.53. The average molecular weight is 309 g/mol. The molecule has 0 N–H and O–H groups in total. The third-order valence-electron chi connectivity index (χ3n) is 4.18. The lowest BCUT2D eigenvalue weighted by Crippen LogP contribution is -2.48. The number of carbonyl (C=O) groups excluding carboxylic acids is 1. The van der Waals surface area contributed by atoms with Crippen LogP contribution in [0.3, 0.4) is 0 Å². The Kier molecular flexibility index (Phi) is 4.86. The lowest BCUT2D eigenvalue weighted by molar-refractivity contribution is -0.129. The minimum atomic E-state index is 0.143. The van der Waals surface area contributed by atoms with Gasteiger partial charge >= 0.3 is 0 Å². The van der Waals surface area contributed by atoms with Crippen LogP contribution in [0.25, 0.3) is 0 Å². The highest BCUT2D eigenvalue weighted by molar-refractivity contribution is 5.73. The summed E-state index contributed by atoms with van der Waals surface area (Å²) in [7, 11) is 0. The minimum absolute atomic E-state index is 0.143. The number of carbonyl (C=O) groups is 1. The number of hydrogen-bond acceptors (Lipinski definition) is 4. The smallest absolute Gasteiger partial charge is 0.219 e. The maximum absolute atomic E-state index is 11.4. The molecule has 2 heterocycles. The molecule has 5 heteroatoms. The number of nitrogens with zero attached hydrogens (tertiary/aromatic N) is 4. The predicted molar refractivity (Wildman–Crippen MR) is 89.2 cm³/mol. The van der Waals surface area contributed by atoms with Crippen LogP contribution in [0.15, 0.2) is 36.7 Å². The van der Waals surface area contributed by atoms with Crippen LogP contribution in [-0.4, -0.2) is 47.0 Å². The topological polar surface area (TPSA) is 49.3 Å². The van der Waals surface area contributed by atoms with Gasteiger partial charge < -0.3 is 9.80 Å². The second-order valence-electron chi connectivity index (χ2n) is 5.77. The second-order valence-corrected chi connectivity index (χ2v) is 5.77. The highest BCUT2D eigenvalue weighted by atomic mass is 16.2. The van der Waals surface area contributed by atoms with Gasteiger partial charge in [-0.25, -0.2) is 4.98 Å². The van der Waals surface area contributed by atoms with Gasteiger partial charge in [0.1, 0.15) is 5.82 Å². The molecule has 5 nitrogen and oxygen atoms in total. The van der Waals surface area contributed by atoms with E-state index in [2.05, 4.69) is 27.0 Å². The first kappa shape index (κ1) is 15.5. The number of benzene rings is 1. The maximum atomic E-state index is 11.4. The van der Waals surface area contributed by atoms with Gasteiger partial charge in [0.25, 0.3) is 0 Å². The monoisotopic (exact) mass is 309 g/mol. The summed E-state index contributed by atoms with van der Waals surface area (Å²) in [6.45, 7) is 4.75. The molecule has 2 aromatic rings. The van der Waals surface area contributed by atoms with Crippen molar-refractivity contribution in [3.8, 4) is 0 Å². The van der Waals surface area contributed by atoms with Gasteiger partial charge in [-0.1, -0.05) is 24.3 Å². The Morgan fingerprint density at radius 2 is 2.00 bits per heavy atom. The van der Waals surface area contributed by atoms with Gasteiger partial charge in [-0.3, -0.25) is 9.78 Å². The highest BCUT2D eigenvalue weighted by Gasteiger charge is 2.19. The van der Waals surface area contributed by atoms with E-state index < -0.39 is 0 Å². The molecule has 1 aromatic carbocycles. The molecule has 1 radical (unpaired) electrons. The molecule has 0 saturated carbocycles. The van der Waals surface area contributed by atoms with E-state index in [-0.39, 0.29) is 5.91 Å². The Hall–Kier alpha value is -2.43. The number of anilines is 1. The van der Waals surface area contributed by atoms with Crippen molar-refractivity contribution in [1.29, 1.82) is 0 Å². The van der Waals surface area contributed by atoms with Crippen LogP contribution in [0, 0.1) is 6.07 Å². The molecule has 1 amide bonds. The summed E-state index contributed by atoms with van der Waals surface area (Å²) >= 11 is 0. The number of piperazine rings is 1. The van der Waals surface area contributed by atoms with Crippen molar-refractivity contribution in [2.24, 2.45) is 0 Å². The summed E-state index contributed by atoms with van der Waals surface area (Å²) in [6, 6.07) is 11.1. The zero-order chi connectivity index (χ0) is 16.1. The van der Waals surface area contributed by atoms with Crippen LogP contribution in [-0.2, 0) is 17.6 Å². The molecule has 0 aliphatic carbocycles. The molecule has 0 bridgehead atoms. The van der Waals surface area contributed by atoms with E-state index in [0.29, 0.717) is 0 Å². The summed E-state index contributed by atoms with van der Waals surface area (Å²) in [5, 5.41) is 0. The van der Waals surface area contributed by atoms with Crippen molar-refractivity contribution in [2.45, 2.75) is 19.8 Å². The third-order valence-corrected chi connectivity index (χ3v) is 4.18. The van der Waals surface area contributed by atoms with Gasteiger partial charge in [0, 0.05) is 33.1 Å². The first-order chi connectivity index (χ1) is 11.2. The summed E-state index contributed by atoms with van der Waals surface area (Å²) in [4.78, 5) is 24.5. The van der Waals surface area contributed by atoms with Crippen LogP contribution in [0.4, 0.5) is 5.82 Å². The van der Waals surface area contributed by atoms with Crippen LogP contribution < -0.4 is 4.90 Å². The molecule has 0 spiro atoms. The third kappa shape index (κ3) is 4.06. The molecule has 1 aliphatic heterocycles. The Morgan fingerprint density at radius 3 is 2.61 bits per heavy atom. The molecular weight excluding hydrogens is 288 g/mol.